The van der Waals surface area contributed by atoms with Crippen molar-refractivity contribution in [3.05, 3.63) is 0 Å². The van der Waals surface area contributed by atoms with E-state index < -0.39 is 0 Å². The van der Waals surface area contributed by atoms with E-state index in [2.05, 4.69) is 27.4 Å². The fourth-order valence-electron chi connectivity index (χ4n) is 2.43. The molecule has 0 aromatic heterocycles. The first-order chi connectivity index (χ1) is 11.0. The zero-order valence-electron chi connectivity index (χ0n) is 14.8. The van der Waals surface area contributed by atoms with Gasteiger partial charge >= 0.3 is 0 Å². The molecule has 23 heavy (non-hydrogen) atoms. The molecule has 0 aromatic rings. The molecular formula is C16H32N4O3. The van der Waals surface area contributed by atoms with Crippen LogP contribution in [0.25, 0.3) is 0 Å². The third-order valence-electron chi connectivity index (χ3n) is 4.07. The van der Waals surface area contributed by atoms with E-state index in [-0.39, 0.29) is 17.9 Å². The van der Waals surface area contributed by atoms with Crippen molar-refractivity contribution >= 4 is 11.8 Å². The highest BCUT2D eigenvalue weighted by atomic mass is 16.5. The molecule has 1 saturated heterocycles. The number of methoxy groups -OCH3 is 1. The first-order valence-corrected chi connectivity index (χ1v) is 8.54. The van der Waals surface area contributed by atoms with Gasteiger partial charge in [0, 0.05) is 52.5 Å². The van der Waals surface area contributed by atoms with Gasteiger partial charge in [-0.3, -0.25) is 19.4 Å². The summed E-state index contributed by atoms with van der Waals surface area (Å²) in [5, 5.41) is 5.88. The van der Waals surface area contributed by atoms with Crippen molar-refractivity contribution in [2.45, 2.75) is 32.7 Å². The van der Waals surface area contributed by atoms with Crippen molar-refractivity contribution in [1.82, 2.24) is 20.4 Å². The molecule has 0 bridgehead atoms. The number of ether oxygens (including phenoxy) is 1. The number of amides is 2. The van der Waals surface area contributed by atoms with Crippen molar-refractivity contribution in [2.24, 2.45) is 0 Å². The van der Waals surface area contributed by atoms with Gasteiger partial charge < -0.3 is 15.4 Å². The van der Waals surface area contributed by atoms with E-state index in [4.69, 9.17) is 4.74 Å². The molecule has 2 amide bonds. The van der Waals surface area contributed by atoms with Gasteiger partial charge in [-0.1, -0.05) is 6.92 Å². The molecule has 1 heterocycles. The average Bonchev–Trinajstić information content (AvgIpc) is 2.53. The summed E-state index contributed by atoms with van der Waals surface area (Å²) >= 11 is 0. The molecule has 1 atom stereocenters. The van der Waals surface area contributed by atoms with Crippen LogP contribution in [0.1, 0.15) is 26.7 Å². The Morgan fingerprint density at radius 2 is 1.65 bits per heavy atom. The number of hydrogen-bond acceptors (Lipinski definition) is 5. The Balaban J connectivity index is 2.15. The monoisotopic (exact) mass is 328 g/mol. The van der Waals surface area contributed by atoms with Crippen LogP contribution >= 0.6 is 0 Å². The molecule has 7 nitrogen and oxygen atoms in total. The van der Waals surface area contributed by atoms with Crippen LogP contribution in [0, 0.1) is 0 Å². The Morgan fingerprint density at radius 1 is 1.09 bits per heavy atom. The molecule has 0 spiro atoms. The van der Waals surface area contributed by atoms with Crippen molar-refractivity contribution in [3.63, 3.8) is 0 Å². The largest absolute Gasteiger partial charge is 0.385 e. The second-order valence-corrected chi connectivity index (χ2v) is 6.13. The number of piperazine rings is 1. The fourth-order valence-corrected chi connectivity index (χ4v) is 2.43. The highest BCUT2D eigenvalue weighted by Crippen LogP contribution is 2.01. The normalized spacial score (nSPS) is 17.7. The zero-order valence-corrected chi connectivity index (χ0v) is 14.8. The van der Waals surface area contributed by atoms with Crippen LogP contribution in [0.15, 0.2) is 0 Å². The van der Waals surface area contributed by atoms with Gasteiger partial charge in [-0.05, 0) is 19.8 Å². The van der Waals surface area contributed by atoms with Gasteiger partial charge in [-0.2, -0.15) is 0 Å². The summed E-state index contributed by atoms with van der Waals surface area (Å²) in [7, 11) is 1.66. The molecule has 0 saturated carbocycles. The second-order valence-electron chi connectivity index (χ2n) is 6.13. The first kappa shape index (κ1) is 19.9. The third-order valence-corrected chi connectivity index (χ3v) is 4.07. The predicted molar refractivity (Wildman–Crippen MR) is 90.3 cm³/mol. The topological polar surface area (TPSA) is 73.9 Å². The lowest BCUT2D eigenvalue weighted by Crippen LogP contribution is -2.52. The summed E-state index contributed by atoms with van der Waals surface area (Å²) in [5.74, 6) is 0.146. The second kappa shape index (κ2) is 11.4. The summed E-state index contributed by atoms with van der Waals surface area (Å²) < 4.78 is 4.95. The maximum Gasteiger partial charge on any atom is 0.234 e. The summed E-state index contributed by atoms with van der Waals surface area (Å²) in [6.07, 6.45) is 1.78. The highest BCUT2D eigenvalue weighted by molar-refractivity contribution is 5.78. The summed E-state index contributed by atoms with van der Waals surface area (Å²) in [6.45, 7) is 9.56. The van der Waals surface area contributed by atoms with Gasteiger partial charge in [0.2, 0.25) is 11.8 Å². The number of rotatable bonds is 10. The van der Waals surface area contributed by atoms with Crippen LogP contribution in [-0.2, 0) is 14.3 Å². The molecule has 0 aromatic carbocycles. The fraction of sp³-hybridized carbons (Fsp3) is 0.875. The van der Waals surface area contributed by atoms with Crippen LogP contribution in [0.5, 0.6) is 0 Å². The number of nitrogens with one attached hydrogen (secondary N) is 2. The molecule has 1 unspecified atom stereocenters. The van der Waals surface area contributed by atoms with Crippen LogP contribution in [-0.4, -0.2) is 87.2 Å². The minimum absolute atomic E-state index is 0.0593. The maximum absolute atomic E-state index is 11.9. The van der Waals surface area contributed by atoms with E-state index in [0.717, 1.165) is 39.0 Å². The lowest BCUT2D eigenvalue weighted by Gasteiger charge is -2.34. The van der Waals surface area contributed by atoms with Gasteiger partial charge in [-0.15, -0.1) is 0 Å². The molecule has 1 fully saturated rings. The molecule has 1 aliphatic rings. The van der Waals surface area contributed by atoms with Gasteiger partial charge in [0.1, 0.15) is 0 Å². The van der Waals surface area contributed by atoms with Crippen LogP contribution in [0.4, 0.5) is 0 Å². The minimum atomic E-state index is 0.0593. The summed E-state index contributed by atoms with van der Waals surface area (Å²) in [6, 6.07) is 0.227. The van der Waals surface area contributed by atoms with Crippen molar-refractivity contribution in [1.29, 1.82) is 0 Å². The third kappa shape index (κ3) is 8.88. The number of nitrogens with zero attached hydrogens (tertiary/aromatic N) is 2. The van der Waals surface area contributed by atoms with Crippen molar-refractivity contribution in [3.8, 4) is 0 Å². The van der Waals surface area contributed by atoms with Crippen LogP contribution < -0.4 is 10.6 Å². The van der Waals surface area contributed by atoms with E-state index >= 15 is 0 Å². The Hall–Kier alpha value is -1.18. The number of carbonyl (C=O) groups excluding carboxylic acids is 2. The Bertz CT molecular complexity index is 357. The van der Waals surface area contributed by atoms with E-state index in [1.807, 2.05) is 6.92 Å². The van der Waals surface area contributed by atoms with Crippen LogP contribution in [0.3, 0.4) is 0 Å². The van der Waals surface area contributed by atoms with E-state index in [1.165, 1.54) is 0 Å². The number of carbonyl (C=O) groups is 2. The van der Waals surface area contributed by atoms with E-state index in [0.29, 0.717) is 26.2 Å². The molecule has 134 valence electrons. The smallest absolute Gasteiger partial charge is 0.234 e. The molecule has 7 heteroatoms. The quantitative estimate of drug-likeness (QED) is 0.537. The average molecular weight is 328 g/mol. The maximum atomic E-state index is 11.9. The first-order valence-electron chi connectivity index (χ1n) is 8.54. The SMILES string of the molecule is CCC(C)NC(=O)CN1CCN(CC(=O)NCCCOC)CC1. The molecule has 2 N–H and O–H groups in total. The van der Waals surface area contributed by atoms with Gasteiger partial charge in [-0.25, -0.2) is 0 Å². The standard InChI is InChI=1S/C16H32N4O3/c1-4-14(2)18-16(22)13-20-9-7-19(8-10-20)12-15(21)17-6-5-11-23-3/h14H,4-13H2,1-3H3,(H,17,21)(H,18,22). The summed E-state index contributed by atoms with van der Waals surface area (Å²) in [4.78, 5) is 28.0. The van der Waals surface area contributed by atoms with Gasteiger partial charge in [0.15, 0.2) is 0 Å². The van der Waals surface area contributed by atoms with E-state index in [9.17, 15) is 9.59 Å². The highest BCUT2D eigenvalue weighted by Gasteiger charge is 2.20. The Kier molecular flexibility index (Phi) is 9.82. The Labute approximate surface area is 139 Å². The zero-order chi connectivity index (χ0) is 17.1. The predicted octanol–water partition coefficient (Wildman–Crippen LogP) is -0.329. The molecular weight excluding hydrogens is 296 g/mol. The molecule has 1 rings (SSSR count). The Morgan fingerprint density at radius 3 is 2.17 bits per heavy atom. The lowest BCUT2D eigenvalue weighted by molar-refractivity contribution is -0.125. The minimum Gasteiger partial charge on any atom is -0.385 e. The van der Waals surface area contributed by atoms with Crippen molar-refractivity contribution < 1.29 is 14.3 Å². The van der Waals surface area contributed by atoms with E-state index in [1.54, 1.807) is 7.11 Å². The van der Waals surface area contributed by atoms with Gasteiger partial charge in [0.05, 0.1) is 13.1 Å². The molecule has 0 radical (unpaired) electrons. The molecule has 0 aliphatic carbocycles. The molecule has 1 aliphatic heterocycles. The van der Waals surface area contributed by atoms with Gasteiger partial charge in [0.25, 0.3) is 0 Å². The number of hydrogen-bond donors (Lipinski definition) is 2. The summed E-state index contributed by atoms with van der Waals surface area (Å²) in [5.41, 5.74) is 0. The van der Waals surface area contributed by atoms with Crippen LogP contribution in [0.2, 0.25) is 0 Å². The lowest BCUT2D eigenvalue weighted by atomic mass is 10.2. The van der Waals surface area contributed by atoms with Crippen molar-refractivity contribution in [2.75, 3.05) is 59.5 Å².